The molecule has 0 amide bonds. The normalized spacial score (nSPS) is 14.1. The highest BCUT2D eigenvalue weighted by Crippen LogP contribution is 2.40. The molecule has 0 saturated heterocycles. The van der Waals surface area contributed by atoms with Crippen molar-refractivity contribution in [3.63, 3.8) is 0 Å². The van der Waals surface area contributed by atoms with Gasteiger partial charge in [0.15, 0.2) is 6.61 Å². The maximum atomic E-state index is 13.3. The van der Waals surface area contributed by atoms with Crippen LogP contribution in [-0.2, 0) is 26.1 Å². The Kier molecular flexibility index (Phi) is 7.76. The Morgan fingerprint density at radius 1 is 1.03 bits per heavy atom. The van der Waals surface area contributed by atoms with Crippen molar-refractivity contribution < 1.29 is 24.1 Å². The minimum Gasteiger partial charge on any atom is -0.488 e. The average molecular weight is 475 g/mol. The zero-order chi connectivity index (χ0) is 24.8. The third-order valence-electron chi connectivity index (χ3n) is 6.30. The van der Waals surface area contributed by atoms with Gasteiger partial charge in [0.2, 0.25) is 5.78 Å². The van der Waals surface area contributed by atoms with Crippen molar-refractivity contribution in [3.8, 4) is 17.2 Å². The van der Waals surface area contributed by atoms with E-state index in [0.29, 0.717) is 29.2 Å². The van der Waals surface area contributed by atoms with Gasteiger partial charge in [0.1, 0.15) is 29.5 Å². The number of aryl methyl sites for hydroxylation is 1. The summed E-state index contributed by atoms with van der Waals surface area (Å²) in [5, 5.41) is 9.88. The van der Waals surface area contributed by atoms with Crippen LogP contribution in [0.25, 0.3) is 0 Å². The molecule has 3 aromatic rings. The van der Waals surface area contributed by atoms with Crippen LogP contribution in [0.3, 0.4) is 0 Å². The number of Topliss-reactive ketones (excluding diaryl/α,β-unsaturated/α-hetero) is 1. The van der Waals surface area contributed by atoms with Gasteiger partial charge in [-0.15, -0.1) is 0 Å². The van der Waals surface area contributed by atoms with Gasteiger partial charge in [0.05, 0.1) is 12.2 Å². The highest BCUT2D eigenvalue weighted by molar-refractivity contribution is 5.99. The first kappa shape index (κ1) is 24.8. The Bertz CT molecular complexity index is 1170. The second-order valence-corrected chi connectivity index (χ2v) is 9.62. The zero-order valence-electron chi connectivity index (χ0n) is 20.8. The predicted molar refractivity (Wildman–Crippen MR) is 136 cm³/mol. The molecule has 0 aliphatic carbocycles. The maximum absolute atomic E-state index is 13.3. The fourth-order valence-corrected chi connectivity index (χ4v) is 4.38. The Labute approximate surface area is 207 Å². The molecule has 0 fully saturated rings. The van der Waals surface area contributed by atoms with Gasteiger partial charge >= 0.3 is 0 Å². The lowest BCUT2D eigenvalue weighted by Gasteiger charge is -2.33. The molecule has 5 nitrogen and oxygen atoms in total. The zero-order valence-corrected chi connectivity index (χ0v) is 20.8. The number of carbonyl (C=O) groups is 1. The Morgan fingerprint density at radius 2 is 1.83 bits per heavy atom. The van der Waals surface area contributed by atoms with E-state index in [-0.39, 0.29) is 24.6 Å². The smallest absolute Gasteiger partial charge is 0.203 e. The second kappa shape index (κ2) is 11.0. The van der Waals surface area contributed by atoms with E-state index in [1.165, 1.54) is 0 Å². The lowest BCUT2D eigenvalue weighted by atomic mass is 9.92. The number of benzene rings is 3. The third-order valence-corrected chi connectivity index (χ3v) is 6.30. The predicted octanol–water partition coefficient (Wildman–Crippen LogP) is 6.08. The Morgan fingerprint density at radius 3 is 2.57 bits per heavy atom. The number of carbonyl (C=O) groups excluding carboxylic acids is 1. The van der Waals surface area contributed by atoms with Crippen LogP contribution in [0.1, 0.15) is 66.2 Å². The first-order valence-electron chi connectivity index (χ1n) is 12.3. The number of rotatable bonds is 10. The molecule has 0 radical (unpaired) electrons. The van der Waals surface area contributed by atoms with Gasteiger partial charge in [-0.25, -0.2) is 0 Å². The quantitative estimate of drug-likeness (QED) is 0.361. The van der Waals surface area contributed by atoms with E-state index < -0.39 is 0 Å². The van der Waals surface area contributed by atoms with Crippen molar-refractivity contribution in [1.82, 2.24) is 0 Å². The summed E-state index contributed by atoms with van der Waals surface area (Å²) in [4.78, 5) is 13.3. The summed E-state index contributed by atoms with van der Waals surface area (Å²) in [5.74, 6) is 1.69. The number of aliphatic hydroxyl groups is 1. The summed E-state index contributed by atoms with van der Waals surface area (Å²) >= 11 is 0. The number of hydrogen-bond donors (Lipinski definition) is 1. The van der Waals surface area contributed by atoms with Crippen molar-refractivity contribution in [3.05, 3.63) is 88.5 Å². The number of ether oxygens (including phenoxy) is 3. The average Bonchev–Trinajstić information content (AvgIpc) is 2.86. The van der Waals surface area contributed by atoms with E-state index in [1.807, 2.05) is 54.6 Å². The molecule has 1 heterocycles. The van der Waals surface area contributed by atoms with Crippen LogP contribution in [-0.4, -0.2) is 23.1 Å². The molecule has 0 spiro atoms. The summed E-state index contributed by atoms with van der Waals surface area (Å²) in [7, 11) is 0. The van der Waals surface area contributed by atoms with Crippen LogP contribution in [0.15, 0.2) is 60.7 Å². The van der Waals surface area contributed by atoms with Crippen LogP contribution < -0.4 is 14.2 Å². The lowest BCUT2D eigenvalue weighted by Crippen LogP contribution is -2.33. The van der Waals surface area contributed by atoms with Gasteiger partial charge < -0.3 is 19.3 Å². The van der Waals surface area contributed by atoms with Gasteiger partial charge in [-0.05, 0) is 68.5 Å². The second-order valence-electron chi connectivity index (χ2n) is 9.62. The molecule has 1 N–H and O–H groups in total. The fourth-order valence-electron chi connectivity index (χ4n) is 4.38. The summed E-state index contributed by atoms with van der Waals surface area (Å²) in [6, 6.07) is 19.3. The Hall–Kier alpha value is -3.31. The van der Waals surface area contributed by atoms with Crippen molar-refractivity contribution in [1.29, 1.82) is 0 Å². The van der Waals surface area contributed by atoms with Crippen LogP contribution in [0, 0.1) is 0 Å². The SMILES string of the molecule is CCCc1ccc(C(=O)COc2c(CO)ccc3c2CCC(C)(C)O3)c(OCc2ccccc2)c1. The van der Waals surface area contributed by atoms with Crippen LogP contribution in [0.5, 0.6) is 17.2 Å². The van der Waals surface area contributed by atoms with Gasteiger partial charge in [0, 0.05) is 11.1 Å². The summed E-state index contributed by atoms with van der Waals surface area (Å²) in [6.07, 6.45) is 3.52. The monoisotopic (exact) mass is 474 g/mol. The third kappa shape index (κ3) is 6.04. The number of aliphatic hydroxyl groups excluding tert-OH is 1. The van der Waals surface area contributed by atoms with Crippen LogP contribution in [0.4, 0.5) is 0 Å². The van der Waals surface area contributed by atoms with Crippen molar-refractivity contribution >= 4 is 5.78 Å². The largest absolute Gasteiger partial charge is 0.488 e. The molecule has 35 heavy (non-hydrogen) atoms. The summed E-state index contributed by atoms with van der Waals surface area (Å²) in [6.45, 7) is 6.30. The van der Waals surface area contributed by atoms with E-state index in [9.17, 15) is 9.90 Å². The number of ketones is 1. The number of hydrogen-bond acceptors (Lipinski definition) is 5. The highest BCUT2D eigenvalue weighted by Gasteiger charge is 2.30. The molecule has 0 aromatic heterocycles. The fraction of sp³-hybridized carbons (Fsp3) is 0.367. The van der Waals surface area contributed by atoms with E-state index in [1.54, 1.807) is 6.07 Å². The van der Waals surface area contributed by atoms with Gasteiger partial charge in [-0.2, -0.15) is 0 Å². The Balaban J connectivity index is 1.55. The van der Waals surface area contributed by atoms with Crippen molar-refractivity contribution in [2.45, 2.75) is 65.3 Å². The highest BCUT2D eigenvalue weighted by atomic mass is 16.5. The first-order valence-corrected chi connectivity index (χ1v) is 12.3. The van der Waals surface area contributed by atoms with E-state index in [2.05, 4.69) is 20.8 Å². The molecule has 5 heteroatoms. The molecule has 0 bridgehead atoms. The van der Waals surface area contributed by atoms with Crippen LogP contribution in [0.2, 0.25) is 0 Å². The van der Waals surface area contributed by atoms with E-state index >= 15 is 0 Å². The molecule has 4 rings (SSSR count). The molecular formula is C30H34O5. The summed E-state index contributed by atoms with van der Waals surface area (Å²) < 4.78 is 18.3. The maximum Gasteiger partial charge on any atom is 0.203 e. The minimum absolute atomic E-state index is 0.151. The standard InChI is InChI=1S/C30H34O5/c1-4-8-21-11-13-24(28(17-21)33-19-22-9-6-5-7-10-22)26(32)20-34-29-23(18-31)12-14-27-25(29)15-16-30(2,3)35-27/h5-7,9-14,17,31H,4,8,15-16,18-20H2,1-3H3. The van der Waals surface area contributed by atoms with Gasteiger partial charge in [0.25, 0.3) is 0 Å². The molecule has 0 unspecified atom stereocenters. The molecule has 184 valence electrons. The molecule has 1 aliphatic heterocycles. The van der Waals surface area contributed by atoms with Crippen molar-refractivity contribution in [2.75, 3.05) is 6.61 Å². The number of fused-ring (bicyclic) bond motifs is 1. The van der Waals surface area contributed by atoms with Gasteiger partial charge in [-0.3, -0.25) is 4.79 Å². The van der Waals surface area contributed by atoms with Gasteiger partial charge in [-0.1, -0.05) is 49.7 Å². The van der Waals surface area contributed by atoms with E-state index in [0.717, 1.165) is 48.1 Å². The lowest BCUT2D eigenvalue weighted by molar-refractivity contribution is 0.0813. The molecule has 3 aromatic carbocycles. The molecular weight excluding hydrogens is 440 g/mol. The minimum atomic E-state index is -0.258. The topological polar surface area (TPSA) is 65.0 Å². The van der Waals surface area contributed by atoms with Crippen molar-refractivity contribution in [2.24, 2.45) is 0 Å². The molecule has 0 saturated carbocycles. The molecule has 1 aliphatic rings. The van der Waals surface area contributed by atoms with E-state index in [4.69, 9.17) is 14.2 Å². The van der Waals surface area contributed by atoms with Crippen LogP contribution >= 0.6 is 0 Å². The first-order chi connectivity index (χ1) is 16.9. The molecule has 0 atom stereocenters. The summed E-state index contributed by atoms with van der Waals surface area (Å²) in [5.41, 5.74) is 3.96.